The molecule has 0 saturated carbocycles. The summed E-state index contributed by atoms with van der Waals surface area (Å²) in [5, 5.41) is 7.19. The Bertz CT molecular complexity index is 47.7. The van der Waals surface area contributed by atoms with E-state index in [9.17, 15) is 0 Å². The van der Waals surface area contributed by atoms with Gasteiger partial charge in [-0.05, 0) is 0 Å². The van der Waals surface area contributed by atoms with Crippen molar-refractivity contribution < 1.29 is 24.6 Å². The van der Waals surface area contributed by atoms with Gasteiger partial charge in [-0.2, -0.15) is 0 Å². The minimum absolute atomic E-state index is 0. The average Bonchev–Trinajstić information content (AvgIpc) is 1.61. The first-order chi connectivity index (χ1) is 3.91. The highest BCUT2D eigenvalue weighted by molar-refractivity contribution is 6.15. The fraction of sp³-hybridized carbons (Fsp3) is 1.00. The van der Waals surface area contributed by atoms with E-state index < -0.39 is 10.0 Å². The van der Waals surface area contributed by atoms with E-state index in [1.807, 2.05) is 0 Å². The van der Waals surface area contributed by atoms with Gasteiger partial charge in [0, 0.05) is 0 Å². The van der Waals surface area contributed by atoms with E-state index >= 15 is 0 Å². The van der Waals surface area contributed by atoms with Crippen LogP contribution in [0.4, 0.5) is 0 Å². The monoisotopic (exact) mass is 171 g/mol. The van der Waals surface area contributed by atoms with Gasteiger partial charge >= 0.3 is 10.0 Å². The smallest absolute Gasteiger partial charge is 0.341 e. The summed E-state index contributed by atoms with van der Waals surface area (Å²) < 4.78 is 4.24. The van der Waals surface area contributed by atoms with Crippen molar-refractivity contribution in [2.75, 3.05) is 28.2 Å². The van der Waals surface area contributed by atoms with Crippen LogP contribution in [0.5, 0.6) is 0 Å². The van der Waals surface area contributed by atoms with Gasteiger partial charge < -0.3 is 14.8 Å². The molecule has 0 bridgehead atoms. The fourth-order valence-electron chi connectivity index (χ4n) is 0. The Morgan fingerprint density at radius 1 is 1.20 bits per heavy atom. The summed E-state index contributed by atoms with van der Waals surface area (Å²) in [5.74, 6) is 0. The Morgan fingerprint density at radius 2 is 1.30 bits per heavy atom. The molecule has 0 aliphatic carbocycles. The van der Waals surface area contributed by atoms with E-state index in [2.05, 4.69) is 32.8 Å². The third-order valence-corrected chi connectivity index (χ3v) is 0.173. The second kappa shape index (κ2) is 9.02. The lowest BCUT2D eigenvalue weighted by molar-refractivity contribution is -0.849. The normalized spacial score (nSPS) is 10.2. The van der Waals surface area contributed by atoms with E-state index in [1.165, 1.54) is 0 Å². The molecule has 0 heterocycles. The summed E-state index contributed by atoms with van der Waals surface area (Å²) in [4.78, 5) is 7.54. The summed E-state index contributed by atoms with van der Waals surface area (Å²) in [6.07, 6.45) is 0. The Kier molecular flexibility index (Phi) is 14.9. The molecule has 3 N–H and O–H groups in total. The molecular formula is C4H17NO4Si. The third kappa shape index (κ3) is 382. The lowest BCUT2D eigenvalue weighted by Gasteiger charge is -2.14. The number of hydrogen-bond acceptors (Lipinski definition) is 4. The molecule has 0 atom stereocenters. The molecule has 0 amide bonds. The summed E-state index contributed by atoms with van der Waals surface area (Å²) in [6.45, 7) is 0. The van der Waals surface area contributed by atoms with Crippen LogP contribution in [-0.4, -0.2) is 58.2 Å². The first-order valence-corrected chi connectivity index (χ1v) is 3.79. The van der Waals surface area contributed by atoms with Crippen LogP contribution in [0.2, 0.25) is 0 Å². The molecule has 0 unspecified atom stereocenters. The predicted molar refractivity (Wildman–Crippen MR) is 40.4 cm³/mol. The van der Waals surface area contributed by atoms with Crippen molar-refractivity contribution in [3.63, 3.8) is 0 Å². The molecular weight excluding hydrogens is 154 g/mol. The molecule has 0 aliphatic rings. The van der Waals surface area contributed by atoms with Gasteiger partial charge in [0.25, 0.3) is 0 Å². The summed E-state index contributed by atoms with van der Waals surface area (Å²) in [5.41, 5.74) is 0. The number of hydrogen-bond donors (Lipinski definition) is 2. The maximum atomic E-state index is 7.54. The highest BCUT2D eigenvalue weighted by atomic mass is 28.2. The van der Waals surface area contributed by atoms with E-state index in [1.54, 1.807) is 0 Å². The van der Waals surface area contributed by atoms with Crippen molar-refractivity contribution in [3.05, 3.63) is 0 Å². The first kappa shape index (κ1) is 16.5. The molecule has 0 aliphatic heterocycles. The second-order valence-corrected chi connectivity index (χ2v) is 3.46. The lowest BCUT2D eigenvalue weighted by atomic mass is 10.8. The minimum atomic E-state index is -1.52. The van der Waals surface area contributed by atoms with E-state index in [4.69, 9.17) is 10.1 Å². The standard InChI is InChI=1S/C4H12N.H4O3Si.H2O/c1-5(2,3)4;1-3-4-2;/h1-4H3;1-2H,4H2;1H2/q+1;;/p-1. The van der Waals surface area contributed by atoms with Crippen LogP contribution in [0.1, 0.15) is 0 Å². The van der Waals surface area contributed by atoms with Gasteiger partial charge in [-0.15, -0.1) is 0 Å². The third-order valence-electron chi connectivity index (χ3n) is 0.0577. The van der Waals surface area contributed by atoms with Crippen LogP contribution >= 0.6 is 0 Å². The van der Waals surface area contributed by atoms with Gasteiger partial charge in [0.1, 0.15) is 0 Å². The lowest BCUT2D eigenvalue weighted by Crippen LogP contribution is -2.27. The number of nitrogens with zero attached hydrogens (tertiary/aromatic N) is 1. The number of rotatable bonds is 1. The molecule has 0 rings (SSSR count). The van der Waals surface area contributed by atoms with Gasteiger partial charge in [0.05, 0.1) is 28.2 Å². The van der Waals surface area contributed by atoms with Crippen LogP contribution in [0.3, 0.4) is 0 Å². The summed E-state index contributed by atoms with van der Waals surface area (Å²) >= 11 is 0. The van der Waals surface area contributed by atoms with E-state index in [-0.39, 0.29) is 5.48 Å². The second-order valence-electron chi connectivity index (χ2n) is 2.94. The maximum Gasteiger partial charge on any atom is 0.341 e. The van der Waals surface area contributed by atoms with Gasteiger partial charge in [0.15, 0.2) is 0 Å². The highest BCUT2D eigenvalue weighted by Crippen LogP contribution is 1.73. The van der Waals surface area contributed by atoms with Crippen molar-refractivity contribution in [3.8, 4) is 0 Å². The largest absolute Gasteiger partial charge is 0.870 e. The van der Waals surface area contributed by atoms with Gasteiger partial charge in [-0.3, -0.25) is 9.83 Å². The van der Waals surface area contributed by atoms with Crippen LogP contribution in [-0.2, 0) is 4.58 Å². The van der Waals surface area contributed by atoms with Crippen molar-refractivity contribution in [1.82, 2.24) is 0 Å². The molecule has 0 aromatic heterocycles. The van der Waals surface area contributed by atoms with E-state index in [0.29, 0.717) is 0 Å². The summed E-state index contributed by atoms with van der Waals surface area (Å²) in [6, 6.07) is 0. The molecule has 0 saturated heterocycles. The summed E-state index contributed by atoms with van der Waals surface area (Å²) in [7, 11) is 6.98. The van der Waals surface area contributed by atoms with Crippen molar-refractivity contribution in [2.24, 2.45) is 0 Å². The minimum Gasteiger partial charge on any atom is -0.870 e. The molecule has 66 valence electrons. The van der Waals surface area contributed by atoms with Crippen LogP contribution in [0.25, 0.3) is 0 Å². The first-order valence-electron chi connectivity index (χ1n) is 2.58. The Labute approximate surface area is 63.7 Å². The average molecular weight is 171 g/mol. The molecule has 0 radical (unpaired) electrons. The molecule has 0 aromatic carbocycles. The Balaban J connectivity index is -0.0000000910. The van der Waals surface area contributed by atoms with Crippen molar-refractivity contribution in [2.45, 2.75) is 0 Å². The molecule has 5 nitrogen and oxygen atoms in total. The maximum absolute atomic E-state index is 7.54. The zero-order valence-electron chi connectivity index (χ0n) is 6.90. The van der Waals surface area contributed by atoms with Crippen LogP contribution < -0.4 is 0 Å². The zero-order valence-corrected chi connectivity index (χ0v) is 8.32. The fourth-order valence-corrected chi connectivity index (χ4v) is 0. The van der Waals surface area contributed by atoms with Crippen LogP contribution in [0.15, 0.2) is 0 Å². The molecule has 10 heavy (non-hydrogen) atoms. The Morgan fingerprint density at radius 3 is 1.30 bits per heavy atom. The van der Waals surface area contributed by atoms with E-state index in [0.717, 1.165) is 4.48 Å². The highest BCUT2D eigenvalue weighted by Gasteiger charge is 1.88. The van der Waals surface area contributed by atoms with Crippen LogP contribution in [0, 0.1) is 0 Å². The molecule has 0 spiro atoms. The van der Waals surface area contributed by atoms with Gasteiger partial charge in [-0.1, -0.05) is 0 Å². The quantitative estimate of drug-likeness (QED) is 0.220. The van der Waals surface area contributed by atoms with Crippen molar-refractivity contribution in [1.29, 1.82) is 0 Å². The SMILES string of the molecule is C[N+](C)(C)C.OO[SiH2]O.[OH-]. The molecule has 0 fully saturated rings. The number of quaternary nitrogens is 1. The van der Waals surface area contributed by atoms with Gasteiger partial charge in [0.2, 0.25) is 0 Å². The zero-order chi connectivity index (χ0) is 7.91. The predicted octanol–water partition coefficient (Wildman–Crippen LogP) is -1.39. The van der Waals surface area contributed by atoms with Gasteiger partial charge in [-0.25, -0.2) is 0 Å². The topological polar surface area (TPSA) is 79.7 Å². The Hall–Kier alpha value is 0.0169. The molecule has 6 heteroatoms. The van der Waals surface area contributed by atoms with Crippen molar-refractivity contribution >= 4 is 10.0 Å². The molecule has 0 aromatic rings.